The number of hydrogen-bond donors (Lipinski definition) is 3. The molecule has 0 saturated carbocycles. The molecule has 148 valence electrons. The molecule has 0 radical (unpaired) electrons. The summed E-state index contributed by atoms with van der Waals surface area (Å²) in [5, 5.41) is 11.8. The van der Waals surface area contributed by atoms with Crippen molar-refractivity contribution in [3.05, 3.63) is 58.6 Å². The minimum Gasteiger partial charge on any atom is -0.393 e. The van der Waals surface area contributed by atoms with Crippen LogP contribution in [0.2, 0.25) is 5.02 Å². The fourth-order valence-electron chi connectivity index (χ4n) is 3.46. The number of nitrogen functional groups attached to an aromatic ring is 1. The van der Waals surface area contributed by atoms with Crippen LogP contribution in [-0.2, 0) is 4.74 Å². The average Bonchev–Trinajstić information content (AvgIpc) is 2.65. The normalized spacial score (nSPS) is 13.0. The van der Waals surface area contributed by atoms with E-state index in [1.807, 2.05) is 70.2 Å². The van der Waals surface area contributed by atoms with Gasteiger partial charge in [-0.25, -0.2) is 10.8 Å². The molecule has 5 nitrogen and oxygen atoms in total. The van der Waals surface area contributed by atoms with Crippen molar-refractivity contribution < 1.29 is 9.84 Å². The second kappa shape index (κ2) is 8.05. The Kier molecular flexibility index (Phi) is 5.91. The fourth-order valence-corrected chi connectivity index (χ4v) is 3.58. The summed E-state index contributed by atoms with van der Waals surface area (Å²) in [5.41, 5.74) is 6.90. The first kappa shape index (κ1) is 20.6. The Bertz CT molecular complexity index is 982. The number of aliphatic hydroxyl groups is 1. The van der Waals surface area contributed by atoms with E-state index in [4.69, 9.17) is 22.2 Å². The van der Waals surface area contributed by atoms with Crippen molar-refractivity contribution in [3.8, 4) is 11.1 Å². The minimum absolute atomic E-state index is 0.125. The lowest BCUT2D eigenvalue weighted by Gasteiger charge is -2.30. The number of ether oxygens (including phenoxy) is 1. The number of nitrogens with two attached hydrogens (primary N) is 1. The molecule has 0 spiro atoms. The number of anilines is 1. The van der Waals surface area contributed by atoms with E-state index in [0.29, 0.717) is 10.8 Å². The number of halogens is 1. The van der Waals surface area contributed by atoms with Gasteiger partial charge in [0, 0.05) is 10.4 Å². The number of benzene rings is 2. The van der Waals surface area contributed by atoms with E-state index in [2.05, 4.69) is 10.4 Å². The molecule has 0 aliphatic rings. The molecule has 0 saturated heterocycles. The predicted octanol–water partition coefficient (Wildman–Crippen LogP) is 5.00. The van der Waals surface area contributed by atoms with E-state index in [1.54, 1.807) is 0 Å². The summed E-state index contributed by atoms with van der Waals surface area (Å²) >= 11 is 6.11. The molecule has 0 bridgehead atoms. The number of aryl methyl sites for hydroxylation is 1. The maximum absolute atomic E-state index is 10.1. The van der Waals surface area contributed by atoms with Crippen molar-refractivity contribution in [2.45, 2.75) is 39.4 Å². The van der Waals surface area contributed by atoms with Crippen molar-refractivity contribution in [1.29, 1.82) is 0 Å². The third kappa shape index (κ3) is 4.28. The molecule has 0 amide bonds. The second-order valence-electron chi connectivity index (χ2n) is 7.80. The fraction of sp³-hybridized carbons (Fsp3) is 0.318. The van der Waals surface area contributed by atoms with Crippen LogP contribution >= 0.6 is 11.6 Å². The van der Waals surface area contributed by atoms with Crippen LogP contribution in [0.4, 0.5) is 5.82 Å². The monoisotopic (exact) mass is 399 g/mol. The van der Waals surface area contributed by atoms with Crippen LogP contribution in [0.3, 0.4) is 0 Å². The summed E-state index contributed by atoms with van der Waals surface area (Å²) in [6.07, 6.45) is -0.470. The first-order valence-corrected chi connectivity index (χ1v) is 9.57. The molecule has 1 aromatic heterocycles. The summed E-state index contributed by atoms with van der Waals surface area (Å²) in [5.74, 6) is 6.12. The van der Waals surface area contributed by atoms with E-state index in [1.165, 1.54) is 0 Å². The molecule has 3 rings (SSSR count). The first-order valence-electron chi connectivity index (χ1n) is 9.19. The highest BCUT2D eigenvalue weighted by molar-refractivity contribution is 6.30. The van der Waals surface area contributed by atoms with Crippen LogP contribution in [0.1, 0.15) is 38.0 Å². The minimum atomic E-state index is -0.470. The van der Waals surface area contributed by atoms with Gasteiger partial charge in [-0.05, 0) is 80.3 Å². The molecular formula is C22H26ClN3O2. The standard InChI is InChI=1S/C22H26ClN3O2/c1-13-11-17-16(9-10-19(25-17)26-24)21(14-5-7-15(23)8-6-14)20(13)18(12-27)28-22(2,3)4/h5-11,18,27H,12,24H2,1-4H3,(H,25,26)/t18-/m1/s1. The number of pyridine rings is 1. The molecule has 0 aliphatic carbocycles. The van der Waals surface area contributed by atoms with Crippen LogP contribution < -0.4 is 11.3 Å². The number of nitrogens with one attached hydrogen (secondary N) is 1. The van der Waals surface area contributed by atoms with Gasteiger partial charge in [-0.2, -0.15) is 0 Å². The largest absolute Gasteiger partial charge is 0.393 e. The van der Waals surface area contributed by atoms with Gasteiger partial charge in [0.05, 0.1) is 17.7 Å². The van der Waals surface area contributed by atoms with Gasteiger partial charge < -0.3 is 15.3 Å². The molecule has 6 heteroatoms. The highest BCUT2D eigenvalue weighted by Gasteiger charge is 2.26. The maximum Gasteiger partial charge on any atom is 0.140 e. The van der Waals surface area contributed by atoms with E-state index in [0.717, 1.165) is 33.2 Å². The zero-order chi connectivity index (χ0) is 20.5. The van der Waals surface area contributed by atoms with Crippen molar-refractivity contribution in [1.82, 2.24) is 4.98 Å². The van der Waals surface area contributed by atoms with Crippen LogP contribution in [0.5, 0.6) is 0 Å². The predicted molar refractivity (Wildman–Crippen MR) is 115 cm³/mol. The van der Waals surface area contributed by atoms with Crippen LogP contribution in [0.15, 0.2) is 42.5 Å². The zero-order valence-corrected chi connectivity index (χ0v) is 17.3. The third-order valence-corrected chi connectivity index (χ3v) is 4.76. The number of aliphatic hydroxyl groups excluding tert-OH is 1. The molecule has 4 N–H and O–H groups in total. The SMILES string of the molecule is Cc1cc2nc(NN)ccc2c(-c2ccc(Cl)cc2)c1[C@@H](CO)OC(C)(C)C. The van der Waals surface area contributed by atoms with Crippen molar-refractivity contribution in [3.63, 3.8) is 0 Å². The molecule has 0 fully saturated rings. The summed E-state index contributed by atoms with van der Waals surface area (Å²) in [4.78, 5) is 4.59. The Morgan fingerprint density at radius 1 is 1.18 bits per heavy atom. The molecule has 1 heterocycles. The van der Waals surface area contributed by atoms with Gasteiger partial charge in [0.2, 0.25) is 0 Å². The number of aromatic nitrogens is 1. The quantitative estimate of drug-likeness (QED) is 0.415. The molecule has 0 aliphatic heterocycles. The topological polar surface area (TPSA) is 80.4 Å². The van der Waals surface area contributed by atoms with Crippen molar-refractivity contribution in [2.75, 3.05) is 12.0 Å². The van der Waals surface area contributed by atoms with Crippen molar-refractivity contribution in [2.24, 2.45) is 5.84 Å². The number of rotatable bonds is 5. The Morgan fingerprint density at radius 2 is 1.86 bits per heavy atom. The lowest BCUT2D eigenvalue weighted by atomic mass is 9.88. The van der Waals surface area contributed by atoms with E-state index in [-0.39, 0.29) is 6.61 Å². The average molecular weight is 400 g/mol. The molecule has 2 aromatic carbocycles. The Balaban J connectivity index is 2.33. The van der Waals surface area contributed by atoms with E-state index < -0.39 is 11.7 Å². The number of hydrazine groups is 1. The van der Waals surface area contributed by atoms with E-state index in [9.17, 15) is 5.11 Å². The Morgan fingerprint density at radius 3 is 2.43 bits per heavy atom. The molecular weight excluding hydrogens is 374 g/mol. The first-order chi connectivity index (χ1) is 13.2. The molecule has 0 unspecified atom stereocenters. The van der Waals surface area contributed by atoms with E-state index >= 15 is 0 Å². The number of nitrogens with zero attached hydrogens (tertiary/aromatic N) is 1. The van der Waals surface area contributed by atoms with Crippen LogP contribution in [0, 0.1) is 6.92 Å². The summed E-state index contributed by atoms with van der Waals surface area (Å²) in [6, 6.07) is 13.5. The van der Waals surface area contributed by atoms with Crippen LogP contribution in [-0.4, -0.2) is 22.3 Å². The lowest BCUT2D eigenvalue weighted by molar-refractivity contribution is -0.0821. The van der Waals surface area contributed by atoms with Crippen molar-refractivity contribution >= 4 is 28.3 Å². The van der Waals surface area contributed by atoms with Gasteiger partial charge in [-0.15, -0.1) is 0 Å². The Labute approximate surface area is 170 Å². The van der Waals surface area contributed by atoms with Gasteiger partial charge in [-0.3, -0.25) is 0 Å². The van der Waals surface area contributed by atoms with Crippen LogP contribution in [0.25, 0.3) is 22.0 Å². The van der Waals surface area contributed by atoms with Gasteiger partial charge >= 0.3 is 0 Å². The molecule has 3 aromatic rings. The lowest BCUT2D eigenvalue weighted by Crippen LogP contribution is -2.25. The third-order valence-electron chi connectivity index (χ3n) is 4.51. The second-order valence-corrected chi connectivity index (χ2v) is 8.23. The zero-order valence-electron chi connectivity index (χ0n) is 16.6. The van der Waals surface area contributed by atoms with Gasteiger partial charge in [0.15, 0.2) is 0 Å². The van der Waals surface area contributed by atoms with Gasteiger partial charge in [0.1, 0.15) is 11.9 Å². The Hall–Kier alpha value is -2.18. The highest BCUT2D eigenvalue weighted by atomic mass is 35.5. The smallest absolute Gasteiger partial charge is 0.140 e. The number of fused-ring (bicyclic) bond motifs is 1. The maximum atomic E-state index is 10.1. The summed E-state index contributed by atoms with van der Waals surface area (Å²) in [7, 11) is 0. The van der Waals surface area contributed by atoms with Gasteiger partial charge in [-0.1, -0.05) is 23.7 Å². The van der Waals surface area contributed by atoms with Gasteiger partial charge in [0.25, 0.3) is 0 Å². The molecule has 28 heavy (non-hydrogen) atoms. The number of hydrogen-bond acceptors (Lipinski definition) is 5. The summed E-state index contributed by atoms with van der Waals surface area (Å²) in [6.45, 7) is 7.82. The summed E-state index contributed by atoms with van der Waals surface area (Å²) < 4.78 is 6.20. The molecule has 1 atom stereocenters. The highest BCUT2D eigenvalue weighted by Crippen LogP contribution is 2.40.